The smallest absolute Gasteiger partial charge is 0.123 e. The van der Waals surface area contributed by atoms with E-state index >= 15 is 0 Å². The van der Waals surface area contributed by atoms with Crippen LogP contribution < -0.4 is 5.32 Å². The summed E-state index contributed by atoms with van der Waals surface area (Å²) in [6.45, 7) is 11.1. The molecule has 1 aliphatic heterocycles. The van der Waals surface area contributed by atoms with Gasteiger partial charge in [0.25, 0.3) is 0 Å². The quantitative estimate of drug-likeness (QED) is 0.783. The van der Waals surface area contributed by atoms with Gasteiger partial charge in [-0.15, -0.1) is 0 Å². The van der Waals surface area contributed by atoms with E-state index in [1.807, 2.05) is 0 Å². The molecule has 1 heterocycles. The van der Waals surface area contributed by atoms with Crippen LogP contribution in [0.3, 0.4) is 0 Å². The zero-order valence-electron chi connectivity index (χ0n) is 13.8. The molecule has 3 heteroatoms. The van der Waals surface area contributed by atoms with Crippen LogP contribution in [0.15, 0.2) is 0 Å². The lowest BCUT2D eigenvalue weighted by Crippen LogP contribution is -2.29. The lowest BCUT2D eigenvalue weighted by molar-refractivity contribution is -0.113. The Kier molecular flexibility index (Phi) is 9.28. The van der Waals surface area contributed by atoms with Gasteiger partial charge < -0.3 is 15.0 Å². The summed E-state index contributed by atoms with van der Waals surface area (Å²) in [5.41, 5.74) is 0.500. The van der Waals surface area contributed by atoms with Gasteiger partial charge in [-0.05, 0) is 45.3 Å². The van der Waals surface area contributed by atoms with E-state index in [2.05, 4.69) is 52.0 Å². The molecule has 19 heavy (non-hydrogen) atoms. The monoisotopic (exact) mass is 270 g/mol. The van der Waals surface area contributed by atoms with E-state index in [4.69, 9.17) is 0 Å². The molecule has 1 saturated heterocycles. The molecule has 114 valence electrons. The minimum atomic E-state index is 0.435. The van der Waals surface area contributed by atoms with Crippen LogP contribution in [0.4, 0.5) is 0 Å². The Morgan fingerprint density at radius 1 is 1.11 bits per heavy atom. The minimum Gasteiger partial charge on any atom is -0.315 e. The number of hydrogen-bond acceptors (Lipinski definition) is 3. The van der Waals surface area contributed by atoms with Crippen molar-refractivity contribution in [3.8, 4) is 0 Å². The average molecular weight is 270 g/mol. The summed E-state index contributed by atoms with van der Waals surface area (Å²) in [6.07, 6.45) is 5.92. The maximum Gasteiger partial charge on any atom is 0.123 e. The zero-order valence-corrected chi connectivity index (χ0v) is 13.8. The highest BCUT2D eigenvalue weighted by Crippen LogP contribution is 2.23. The van der Waals surface area contributed by atoms with E-state index in [1.54, 1.807) is 0 Å². The topological polar surface area (TPSA) is 32.3 Å². The molecule has 0 aromatic rings. The van der Waals surface area contributed by atoms with Gasteiger partial charge in [-0.2, -0.15) is 0 Å². The Bertz CT molecular complexity index is 217. The van der Waals surface area contributed by atoms with Gasteiger partial charge >= 0.3 is 0 Å². The zero-order chi connectivity index (χ0) is 14.9. The molecule has 0 bridgehead atoms. The highest BCUT2D eigenvalue weighted by atomic mass is 16.1. The molecule has 1 aliphatic carbocycles. The Morgan fingerprint density at radius 2 is 1.63 bits per heavy atom. The molecule has 0 spiro atoms. The summed E-state index contributed by atoms with van der Waals surface area (Å²) >= 11 is 0. The number of nitrogens with zero attached hydrogens (tertiary/aromatic N) is 1. The molecule has 0 aromatic carbocycles. The van der Waals surface area contributed by atoms with Crippen molar-refractivity contribution in [1.82, 2.24) is 10.2 Å². The van der Waals surface area contributed by atoms with Gasteiger partial charge in [-0.25, -0.2) is 0 Å². The maximum absolute atomic E-state index is 9.79. The fourth-order valence-electron chi connectivity index (χ4n) is 1.66. The predicted octanol–water partition coefficient (Wildman–Crippen LogP) is 2.95. The van der Waals surface area contributed by atoms with E-state index in [0.717, 1.165) is 25.2 Å². The van der Waals surface area contributed by atoms with Gasteiger partial charge in [0.05, 0.1) is 0 Å². The third-order valence-corrected chi connectivity index (χ3v) is 3.11. The van der Waals surface area contributed by atoms with E-state index in [1.165, 1.54) is 25.9 Å². The molecule has 0 radical (unpaired) electrons. The fourth-order valence-corrected chi connectivity index (χ4v) is 1.66. The van der Waals surface area contributed by atoms with Crippen LogP contribution in [0, 0.1) is 11.3 Å². The molecule has 1 N–H and O–H groups in total. The summed E-state index contributed by atoms with van der Waals surface area (Å²) in [5.74, 6) is 0.435. The van der Waals surface area contributed by atoms with Crippen molar-refractivity contribution in [3.63, 3.8) is 0 Å². The van der Waals surface area contributed by atoms with Crippen molar-refractivity contribution in [2.75, 3.05) is 27.2 Å². The van der Waals surface area contributed by atoms with Crippen molar-refractivity contribution in [3.05, 3.63) is 0 Å². The van der Waals surface area contributed by atoms with E-state index in [-0.39, 0.29) is 0 Å². The second-order valence-corrected chi connectivity index (χ2v) is 7.44. The van der Waals surface area contributed by atoms with Crippen LogP contribution in [0.2, 0.25) is 0 Å². The highest BCUT2D eigenvalue weighted by molar-refractivity contribution is 5.54. The molecule has 2 fully saturated rings. The van der Waals surface area contributed by atoms with Crippen molar-refractivity contribution in [1.29, 1.82) is 0 Å². The molecule has 2 rings (SSSR count). The van der Waals surface area contributed by atoms with Crippen molar-refractivity contribution in [2.24, 2.45) is 11.3 Å². The first kappa shape index (κ1) is 18.6. The van der Waals surface area contributed by atoms with Gasteiger partial charge in [0.1, 0.15) is 6.29 Å². The number of hydrogen-bond donors (Lipinski definition) is 1. The lowest BCUT2D eigenvalue weighted by Gasteiger charge is -2.17. The minimum absolute atomic E-state index is 0.435. The number of likely N-dealkylation sites (N-methyl/N-ethyl adjacent to an activating group) is 1. The molecular weight excluding hydrogens is 236 g/mol. The summed E-state index contributed by atoms with van der Waals surface area (Å²) in [5, 5.41) is 3.31. The number of nitrogens with one attached hydrogen (secondary N) is 1. The highest BCUT2D eigenvalue weighted by Gasteiger charge is 2.15. The molecule has 2 aliphatic rings. The first-order chi connectivity index (χ1) is 8.74. The molecule has 0 amide bonds. The summed E-state index contributed by atoms with van der Waals surface area (Å²) < 4.78 is 0. The molecule has 1 unspecified atom stereocenters. The third kappa shape index (κ3) is 12.4. The summed E-state index contributed by atoms with van der Waals surface area (Å²) in [6, 6.07) is 0.787. The molecule has 3 nitrogen and oxygen atoms in total. The summed E-state index contributed by atoms with van der Waals surface area (Å²) in [4.78, 5) is 12.1. The second kappa shape index (κ2) is 9.49. The summed E-state index contributed by atoms with van der Waals surface area (Å²) in [7, 11) is 4.27. The average Bonchev–Trinajstić information content (AvgIpc) is 2.66. The molecule has 1 atom stereocenters. The Balaban J connectivity index is 0.000000265. The van der Waals surface area contributed by atoms with Crippen LogP contribution in [0.25, 0.3) is 0 Å². The van der Waals surface area contributed by atoms with Crippen LogP contribution >= 0.6 is 0 Å². The Hall–Kier alpha value is -0.410. The largest absolute Gasteiger partial charge is 0.315 e. The Morgan fingerprint density at radius 3 is 1.74 bits per heavy atom. The van der Waals surface area contributed by atoms with Crippen LogP contribution in [0.5, 0.6) is 0 Å². The van der Waals surface area contributed by atoms with Gasteiger partial charge in [-0.3, -0.25) is 0 Å². The first-order valence-electron chi connectivity index (χ1n) is 7.56. The SMILES string of the molecule is CC(C)(C)C.CN(C)C1CCNC1.O=CC1CCC1. The maximum atomic E-state index is 9.79. The van der Waals surface area contributed by atoms with Crippen molar-refractivity contribution in [2.45, 2.75) is 59.4 Å². The van der Waals surface area contributed by atoms with E-state index < -0.39 is 0 Å². The fraction of sp³-hybridized carbons (Fsp3) is 0.938. The van der Waals surface area contributed by atoms with Gasteiger partial charge in [0.15, 0.2) is 0 Å². The second-order valence-electron chi connectivity index (χ2n) is 7.44. The standard InChI is InChI=1S/C6H14N2.C5H8O.C5H12/c1-8(2)6-3-4-7-5-6;6-4-5-2-1-3-5;1-5(2,3)4/h6-7H,3-5H2,1-2H3;4-5H,1-3H2;1-4H3. The lowest BCUT2D eigenvalue weighted by atomic mass is 9.87. The number of rotatable bonds is 2. The van der Waals surface area contributed by atoms with E-state index in [9.17, 15) is 4.79 Å². The van der Waals surface area contributed by atoms with Crippen molar-refractivity contribution < 1.29 is 4.79 Å². The molecule has 1 saturated carbocycles. The first-order valence-corrected chi connectivity index (χ1v) is 7.56. The van der Waals surface area contributed by atoms with E-state index in [0.29, 0.717) is 11.3 Å². The number of aldehydes is 1. The van der Waals surface area contributed by atoms with Crippen LogP contribution in [0.1, 0.15) is 53.4 Å². The number of carbonyl (C=O) groups is 1. The van der Waals surface area contributed by atoms with Gasteiger partial charge in [0.2, 0.25) is 0 Å². The Labute approximate surface area is 120 Å². The van der Waals surface area contributed by atoms with Crippen LogP contribution in [-0.4, -0.2) is 44.4 Å². The molecule has 0 aromatic heterocycles. The number of carbonyl (C=O) groups excluding carboxylic acids is 1. The van der Waals surface area contributed by atoms with Crippen LogP contribution in [-0.2, 0) is 4.79 Å². The van der Waals surface area contributed by atoms with Gasteiger partial charge in [-0.1, -0.05) is 34.1 Å². The van der Waals surface area contributed by atoms with Gasteiger partial charge in [0, 0.05) is 18.5 Å². The van der Waals surface area contributed by atoms with Crippen molar-refractivity contribution >= 4 is 6.29 Å². The molecular formula is C16H34N2O. The third-order valence-electron chi connectivity index (χ3n) is 3.11. The normalized spacial score (nSPS) is 22.8. The predicted molar refractivity (Wildman–Crippen MR) is 83.5 cm³/mol.